The summed E-state index contributed by atoms with van der Waals surface area (Å²) in [4.78, 5) is 36.2. The first-order valence-electron chi connectivity index (χ1n) is 9.12. The first kappa shape index (κ1) is 21.9. The molecule has 0 atom stereocenters. The third-order valence-electron chi connectivity index (χ3n) is 4.42. The van der Waals surface area contributed by atoms with Crippen LogP contribution < -0.4 is 14.8 Å². The molecule has 2 aromatic rings. The van der Waals surface area contributed by atoms with Gasteiger partial charge in [-0.3, -0.25) is 9.69 Å². The van der Waals surface area contributed by atoms with Crippen molar-refractivity contribution in [2.45, 2.75) is 6.61 Å². The van der Waals surface area contributed by atoms with E-state index in [0.717, 1.165) is 10.5 Å². The van der Waals surface area contributed by atoms with Crippen LogP contribution in [0.5, 0.6) is 11.5 Å². The number of imide groups is 1. The Morgan fingerprint density at radius 2 is 1.97 bits per heavy atom. The van der Waals surface area contributed by atoms with Crippen molar-refractivity contribution >= 4 is 35.6 Å². The van der Waals surface area contributed by atoms with E-state index in [1.54, 1.807) is 24.3 Å². The van der Waals surface area contributed by atoms with Crippen LogP contribution in [-0.4, -0.2) is 41.6 Å². The van der Waals surface area contributed by atoms with Crippen molar-refractivity contribution in [2.24, 2.45) is 0 Å². The largest absolute Gasteiger partial charge is 0.493 e. The summed E-state index contributed by atoms with van der Waals surface area (Å²) in [5, 5.41) is 11.7. The van der Waals surface area contributed by atoms with E-state index in [9.17, 15) is 14.4 Å². The van der Waals surface area contributed by atoms with E-state index in [0.29, 0.717) is 17.1 Å². The number of aromatic carboxylic acids is 1. The summed E-state index contributed by atoms with van der Waals surface area (Å²) >= 11 is 6.37. The molecule has 31 heavy (non-hydrogen) atoms. The predicted octanol–water partition coefficient (Wildman–Crippen LogP) is 3.70. The molecule has 0 spiro atoms. The van der Waals surface area contributed by atoms with Crippen LogP contribution in [0, 0.1) is 0 Å². The molecule has 1 heterocycles. The van der Waals surface area contributed by atoms with Crippen LogP contribution in [0.25, 0.3) is 6.08 Å². The number of amides is 3. The second-order valence-electron chi connectivity index (χ2n) is 6.52. The summed E-state index contributed by atoms with van der Waals surface area (Å²) in [6, 6.07) is 8.93. The molecule has 9 heteroatoms. The number of carbonyl (C=O) groups is 3. The average Bonchev–Trinajstić information content (AvgIpc) is 3.00. The molecule has 0 aromatic heterocycles. The molecule has 3 amide bonds. The van der Waals surface area contributed by atoms with Crippen molar-refractivity contribution in [3.05, 3.63) is 76.5 Å². The van der Waals surface area contributed by atoms with E-state index < -0.39 is 17.9 Å². The van der Waals surface area contributed by atoms with Crippen LogP contribution in [0.4, 0.5) is 4.79 Å². The molecular weight excluding hydrogens is 424 g/mol. The van der Waals surface area contributed by atoms with Gasteiger partial charge in [0.2, 0.25) is 0 Å². The first-order valence-corrected chi connectivity index (χ1v) is 9.50. The molecule has 1 aliphatic rings. The van der Waals surface area contributed by atoms with E-state index in [1.807, 2.05) is 0 Å². The summed E-state index contributed by atoms with van der Waals surface area (Å²) in [5.74, 6) is -0.846. The number of carboxylic acid groups (broad SMARTS) is 1. The molecular formula is C22H19ClN2O6. The van der Waals surface area contributed by atoms with E-state index in [2.05, 4.69) is 11.9 Å². The Balaban J connectivity index is 1.80. The van der Waals surface area contributed by atoms with Crippen LogP contribution in [0.2, 0.25) is 5.02 Å². The highest BCUT2D eigenvalue weighted by Crippen LogP contribution is 2.37. The van der Waals surface area contributed by atoms with Crippen LogP contribution >= 0.6 is 11.6 Å². The monoisotopic (exact) mass is 442 g/mol. The number of carboxylic acids is 1. The van der Waals surface area contributed by atoms with Gasteiger partial charge in [0, 0.05) is 6.54 Å². The lowest BCUT2D eigenvalue weighted by Crippen LogP contribution is -2.30. The topological polar surface area (TPSA) is 105 Å². The fraction of sp³-hybridized carbons (Fsp3) is 0.136. The third-order valence-corrected chi connectivity index (χ3v) is 4.70. The molecule has 3 rings (SSSR count). The van der Waals surface area contributed by atoms with Crippen molar-refractivity contribution in [3.63, 3.8) is 0 Å². The number of ether oxygens (including phenoxy) is 2. The van der Waals surface area contributed by atoms with Gasteiger partial charge in [0.05, 0.1) is 17.7 Å². The third kappa shape index (κ3) is 4.87. The molecule has 1 fully saturated rings. The minimum Gasteiger partial charge on any atom is -0.493 e. The Morgan fingerprint density at radius 1 is 1.26 bits per heavy atom. The normalized spacial score (nSPS) is 14.5. The van der Waals surface area contributed by atoms with Crippen LogP contribution in [0.1, 0.15) is 21.5 Å². The summed E-state index contributed by atoms with van der Waals surface area (Å²) in [5.41, 5.74) is 1.56. The molecule has 0 radical (unpaired) electrons. The van der Waals surface area contributed by atoms with E-state index in [1.165, 1.54) is 31.4 Å². The van der Waals surface area contributed by atoms with Gasteiger partial charge < -0.3 is 19.9 Å². The molecule has 2 N–H and O–H groups in total. The standard InChI is InChI=1S/C22H19ClN2O6/c1-3-8-25-20(26)17(24-22(25)29)10-14-9-16(23)19(18(11-14)30-2)31-12-13-4-6-15(7-5-13)21(27)28/h3-7,9-11H,1,8,12H2,2H3,(H,24,29)(H,27,28)/b17-10+. The second kappa shape index (κ2) is 9.36. The molecule has 160 valence electrons. The quantitative estimate of drug-likeness (QED) is 0.367. The lowest BCUT2D eigenvalue weighted by atomic mass is 10.1. The highest BCUT2D eigenvalue weighted by molar-refractivity contribution is 6.32. The van der Waals surface area contributed by atoms with Gasteiger partial charge in [-0.1, -0.05) is 29.8 Å². The molecule has 2 aromatic carbocycles. The summed E-state index contributed by atoms with van der Waals surface area (Å²) < 4.78 is 11.1. The fourth-order valence-electron chi connectivity index (χ4n) is 2.90. The van der Waals surface area contributed by atoms with E-state index >= 15 is 0 Å². The van der Waals surface area contributed by atoms with Crippen molar-refractivity contribution in [2.75, 3.05) is 13.7 Å². The molecule has 8 nitrogen and oxygen atoms in total. The Labute approximate surface area is 183 Å². The molecule has 1 saturated heterocycles. The number of hydrogen-bond donors (Lipinski definition) is 2. The first-order chi connectivity index (χ1) is 14.8. The molecule has 1 aliphatic heterocycles. The molecule has 0 aliphatic carbocycles. The van der Waals surface area contributed by atoms with Crippen molar-refractivity contribution < 1.29 is 29.0 Å². The van der Waals surface area contributed by atoms with Gasteiger partial charge in [-0.05, 0) is 41.5 Å². The number of urea groups is 1. The number of halogens is 1. The smallest absolute Gasteiger partial charge is 0.335 e. The maximum Gasteiger partial charge on any atom is 0.335 e. The number of hydrogen-bond acceptors (Lipinski definition) is 5. The van der Waals surface area contributed by atoms with Gasteiger partial charge in [0.25, 0.3) is 5.91 Å². The Hall–Kier alpha value is -3.78. The highest BCUT2D eigenvalue weighted by Gasteiger charge is 2.32. The van der Waals surface area contributed by atoms with Crippen LogP contribution in [-0.2, 0) is 11.4 Å². The van der Waals surface area contributed by atoms with Gasteiger partial charge in [-0.25, -0.2) is 9.59 Å². The van der Waals surface area contributed by atoms with Crippen molar-refractivity contribution in [1.29, 1.82) is 0 Å². The lowest BCUT2D eigenvalue weighted by molar-refractivity contribution is -0.122. The zero-order valence-electron chi connectivity index (χ0n) is 16.6. The van der Waals surface area contributed by atoms with Gasteiger partial charge in [-0.15, -0.1) is 6.58 Å². The van der Waals surface area contributed by atoms with Gasteiger partial charge in [-0.2, -0.15) is 0 Å². The maximum absolute atomic E-state index is 12.3. The minimum absolute atomic E-state index is 0.103. The van der Waals surface area contributed by atoms with Crippen molar-refractivity contribution in [3.8, 4) is 11.5 Å². The summed E-state index contributed by atoms with van der Waals surface area (Å²) in [7, 11) is 1.45. The number of rotatable bonds is 8. The minimum atomic E-state index is -1.01. The molecule has 0 bridgehead atoms. The van der Waals surface area contributed by atoms with Gasteiger partial charge in [0.15, 0.2) is 11.5 Å². The number of carbonyl (C=O) groups excluding carboxylic acids is 2. The zero-order valence-corrected chi connectivity index (χ0v) is 17.3. The average molecular weight is 443 g/mol. The SMILES string of the molecule is C=CCN1C(=O)N/C(=C/c2cc(Cl)c(OCc3ccc(C(=O)O)cc3)c(OC)c2)C1=O. The predicted molar refractivity (Wildman–Crippen MR) is 114 cm³/mol. The Bertz CT molecular complexity index is 1080. The van der Waals surface area contributed by atoms with Crippen LogP contribution in [0.3, 0.4) is 0 Å². The fourth-order valence-corrected chi connectivity index (χ4v) is 3.17. The highest BCUT2D eigenvalue weighted by atomic mass is 35.5. The van der Waals surface area contributed by atoms with Crippen LogP contribution in [0.15, 0.2) is 54.8 Å². The van der Waals surface area contributed by atoms with E-state index in [-0.39, 0.29) is 29.4 Å². The maximum atomic E-state index is 12.3. The molecule has 0 saturated carbocycles. The number of nitrogens with one attached hydrogen (secondary N) is 1. The summed E-state index contributed by atoms with van der Waals surface area (Å²) in [6.45, 7) is 3.77. The Kier molecular flexibility index (Phi) is 6.61. The number of methoxy groups -OCH3 is 1. The second-order valence-corrected chi connectivity index (χ2v) is 6.92. The van der Waals surface area contributed by atoms with E-state index in [4.69, 9.17) is 26.2 Å². The lowest BCUT2D eigenvalue weighted by Gasteiger charge is -2.14. The number of benzene rings is 2. The van der Waals surface area contributed by atoms with Crippen molar-refractivity contribution in [1.82, 2.24) is 10.2 Å². The summed E-state index contributed by atoms with van der Waals surface area (Å²) in [6.07, 6.45) is 2.95. The molecule has 0 unspecified atom stereocenters. The zero-order chi connectivity index (χ0) is 22.5. The number of nitrogens with zero attached hydrogens (tertiary/aromatic N) is 1. The van der Waals surface area contributed by atoms with Gasteiger partial charge in [0.1, 0.15) is 12.3 Å². The Morgan fingerprint density at radius 3 is 2.58 bits per heavy atom. The van der Waals surface area contributed by atoms with Gasteiger partial charge >= 0.3 is 12.0 Å².